The number of carbonyl (C=O) groups excluding carboxylic acids is 1. The highest BCUT2D eigenvalue weighted by molar-refractivity contribution is 7.15. The number of carbonyl (C=O) groups is 1. The van der Waals surface area contributed by atoms with Gasteiger partial charge < -0.3 is 10.0 Å². The molecule has 1 amide bonds. The fourth-order valence-electron chi connectivity index (χ4n) is 3.50. The molecule has 0 saturated carbocycles. The number of hydrogen-bond donors (Lipinski definition) is 2. The monoisotopic (exact) mass is 343 g/mol. The van der Waals surface area contributed by atoms with E-state index in [1.165, 1.54) is 27.3 Å². The number of thiazole rings is 1. The smallest absolute Gasteiger partial charge is 0.261 e. The Morgan fingerprint density at radius 3 is 2.79 bits per heavy atom. The number of amides is 1. The summed E-state index contributed by atoms with van der Waals surface area (Å²) in [5, 5.41) is 13.7. The van der Waals surface area contributed by atoms with Crippen LogP contribution in [-0.2, 0) is 25.8 Å². The van der Waals surface area contributed by atoms with Gasteiger partial charge in [0.1, 0.15) is 5.75 Å². The molecule has 0 unspecified atom stereocenters. The van der Waals surface area contributed by atoms with Crippen LogP contribution >= 0.6 is 11.3 Å². The maximum Gasteiger partial charge on any atom is 0.261 e. The first-order valence-corrected chi connectivity index (χ1v) is 9.25. The summed E-state index contributed by atoms with van der Waals surface area (Å²) in [4.78, 5) is 20.6. The zero-order valence-corrected chi connectivity index (χ0v) is 14.6. The lowest BCUT2D eigenvalue weighted by molar-refractivity contribution is 0.102. The number of anilines is 1. The van der Waals surface area contributed by atoms with E-state index in [0.717, 1.165) is 50.9 Å². The van der Waals surface area contributed by atoms with Gasteiger partial charge in [-0.15, -0.1) is 11.3 Å². The Hall–Kier alpha value is -1.92. The van der Waals surface area contributed by atoms with Crippen molar-refractivity contribution in [2.24, 2.45) is 0 Å². The lowest BCUT2D eigenvalue weighted by Crippen LogP contribution is -2.25. The van der Waals surface area contributed by atoms with Crippen LogP contribution in [0.4, 0.5) is 5.13 Å². The Bertz CT molecular complexity index is 800. The number of likely N-dealkylation sites (N-methyl/N-ethyl adjacent to an activating group) is 1. The van der Waals surface area contributed by atoms with Crippen LogP contribution in [0.2, 0.25) is 0 Å². The highest BCUT2D eigenvalue weighted by Gasteiger charge is 2.21. The number of hydrogen-bond acceptors (Lipinski definition) is 5. The second-order valence-electron chi connectivity index (χ2n) is 6.68. The summed E-state index contributed by atoms with van der Waals surface area (Å²) in [6.45, 7) is 1.88. The maximum atomic E-state index is 12.6. The number of phenolic OH excluding ortho intramolecular Hbond substituents is 1. The first-order valence-electron chi connectivity index (χ1n) is 8.43. The lowest BCUT2D eigenvalue weighted by Gasteiger charge is -2.20. The van der Waals surface area contributed by atoms with Crippen LogP contribution in [0.5, 0.6) is 5.75 Å². The van der Waals surface area contributed by atoms with Crippen molar-refractivity contribution in [2.45, 2.75) is 38.6 Å². The number of fused-ring (bicyclic) bond motifs is 2. The molecule has 2 N–H and O–H groups in total. The minimum atomic E-state index is -0.277. The van der Waals surface area contributed by atoms with Crippen molar-refractivity contribution in [3.8, 4) is 5.75 Å². The van der Waals surface area contributed by atoms with Gasteiger partial charge in [0, 0.05) is 24.4 Å². The largest absolute Gasteiger partial charge is 0.507 e. The van der Waals surface area contributed by atoms with E-state index in [1.807, 2.05) is 6.07 Å². The van der Waals surface area contributed by atoms with Crippen LogP contribution in [0.25, 0.3) is 0 Å². The molecule has 2 aliphatic rings. The Morgan fingerprint density at radius 2 is 2.00 bits per heavy atom. The molecule has 1 aromatic heterocycles. The summed E-state index contributed by atoms with van der Waals surface area (Å²) in [5.74, 6) is -0.213. The Kier molecular flexibility index (Phi) is 4.02. The van der Waals surface area contributed by atoms with Gasteiger partial charge in [-0.05, 0) is 56.0 Å². The predicted octanol–water partition coefficient (Wildman–Crippen LogP) is 2.97. The molecule has 1 aromatic carbocycles. The van der Waals surface area contributed by atoms with Crippen LogP contribution in [-0.4, -0.2) is 34.5 Å². The van der Waals surface area contributed by atoms with E-state index >= 15 is 0 Å². The van der Waals surface area contributed by atoms with Gasteiger partial charge in [0.25, 0.3) is 5.91 Å². The number of aryl methyl sites for hydroxylation is 2. The van der Waals surface area contributed by atoms with E-state index < -0.39 is 0 Å². The van der Waals surface area contributed by atoms with Crippen molar-refractivity contribution in [1.29, 1.82) is 0 Å². The van der Waals surface area contributed by atoms with E-state index in [4.69, 9.17) is 0 Å². The van der Waals surface area contributed by atoms with Gasteiger partial charge >= 0.3 is 0 Å². The van der Waals surface area contributed by atoms with Gasteiger partial charge in [0.05, 0.1) is 11.3 Å². The molecule has 0 saturated heterocycles. The van der Waals surface area contributed by atoms with Crippen molar-refractivity contribution in [3.05, 3.63) is 39.4 Å². The number of nitrogens with one attached hydrogen (secondary N) is 1. The third-order valence-electron chi connectivity index (χ3n) is 4.85. The summed E-state index contributed by atoms with van der Waals surface area (Å²) in [7, 11) is 2.09. The van der Waals surface area contributed by atoms with E-state index in [0.29, 0.717) is 10.7 Å². The Labute approximate surface area is 145 Å². The van der Waals surface area contributed by atoms with Gasteiger partial charge in [-0.25, -0.2) is 4.98 Å². The molecule has 1 aliphatic heterocycles. The maximum absolute atomic E-state index is 12.6. The number of aromatic nitrogens is 1. The fourth-order valence-corrected chi connectivity index (χ4v) is 4.58. The zero-order chi connectivity index (χ0) is 16.7. The van der Waals surface area contributed by atoms with Crippen molar-refractivity contribution in [3.63, 3.8) is 0 Å². The molecule has 1 aliphatic carbocycles. The van der Waals surface area contributed by atoms with Crippen LogP contribution in [0, 0.1) is 0 Å². The molecule has 0 atom stereocenters. The zero-order valence-electron chi connectivity index (χ0n) is 13.8. The van der Waals surface area contributed by atoms with Gasteiger partial charge in [-0.1, -0.05) is 0 Å². The van der Waals surface area contributed by atoms with E-state index in [1.54, 1.807) is 6.07 Å². The van der Waals surface area contributed by atoms with Crippen LogP contribution in [0.3, 0.4) is 0 Å². The second kappa shape index (κ2) is 6.18. The average Bonchev–Trinajstić information content (AvgIpc) is 2.95. The highest BCUT2D eigenvalue weighted by Crippen LogP contribution is 2.31. The average molecular weight is 343 g/mol. The summed E-state index contributed by atoms with van der Waals surface area (Å²) in [5.41, 5.74) is 3.79. The first-order chi connectivity index (χ1) is 11.6. The molecule has 126 valence electrons. The summed E-state index contributed by atoms with van der Waals surface area (Å²) in [6, 6.07) is 3.60. The molecular formula is C18H21N3O2S. The van der Waals surface area contributed by atoms with Gasteiger partial charge in [0.15, 0.2) is 5.13 Å². The number of benzene rings is 1. The number of nitrogens with zero attached hydrogens (tertiary/aromatic N) is 2. The quantitative estimate of drug-likeness (QED) is 0.880. The van der Waals surface area contributed by atoms with E-state index in [9.17, 15) is 9.90 Å². The number of aromatic hydroxyl groups is 1. The first kappa shape index (κ1) is 15.6. The molecule has 5 nitrogen and oxygen atoms in total. The molecule has 6 heteroatoms. The molecule has 4 rings (SSSR count). The highest BCUT2D eigenvalue weighted by atomic mass is 32.1. The van der Waals surface area contributed by atoms with Gasteiger partial charge in [-0.2, -0.15) is 0 Å². The topological polar surface area (TPSA) is 65.5 Å². The molecule has 0 bridgehead atoms. The second-order valence-corrected chi connectivity index (χ2v) is 7.76. The molecule has 2 heterocycles. The minimum absolute atomic E-state index is 0.0641. The van der Waals surface area contributed by atoms with Crippen molar-refractivity contribution < 1.29 is 9.90 Å². The predicted molar refractivity (Wildman–Crippen MR) is 94.9 cm³/mol. The van der Waals surface area contributed by atoms with Gasteiger partial charge in [-0.3, -0.25) is 10.1 Å². The van der Waals surface area contributed by atoms with Crippen molar-refractivity contribution in [1.82, 2.24) is 9.88 Å². The third-order valence-corrected chi connectivity index (χ3v) is 5.85. The Balaban J connectivity index is 1.56. The number of phenols is 1. The van der Waals surface area contributed by atoms with Crippen LogP contribution < -0.4 is 5.32 Å². The molecular weight excluding hydrogens is 322 g/mol. The molecule has 0 spiro atoms. The molecule has 0 fully saturated rings. The van der Waals surface area contributed by atoms with E-state index in [2.05, 4.69) is 22.2 Å². The summed E-state index contributed by atoms with van der Waals surface area (Å²) in [6.07, 6.45) is 5.18. The third kappa shape index (κ3) is 2.91. The summed E-state index contributed by atoms with van der Waals surface area (Å²) >= 11 is 1.53. The Morgan fingerprint density at radius 1 is 1.25 bits per heavy atom. The lowest BCUT2D eigenvalue weighted by atomic mass is 9.90. The number of rotatable bonds is 2. The standard InChI is InChI=1S/C18H21N3O2S/c1-21-7-6-14-16(10-21)24-18(19-14)20-17(23)13-8-11-4-2-3-5-12(11)9-15(13)22/h8-9,22H,2-7,10H2,1H3,(H,19,20,23). The molecule has 0 radical (unpaired) electrons. The van der Waals surface area contributed by atoms with Crippen molar-refractivity contribution in [2.75, 3.05) is 18.9 Å². The minimum Gasteiger partial charge on any atom is -0.507 e. The van der Waals surface area contributed by atoms with Crippen LogP contribution in [0.15, 0.2) is 12.1 Å². The van der Waals surface area contributed by atoms with Crippen molar-refractivity contribution >= 4 is 22.4 Å². The fraction of sp³-hybridized carbons (Fsp3) is 0.444. The van der Waals surface area contributed by atoms with Gasteiger partial charge in [0.2, 0.25) is 0 Å². The van der Waals surface area contributed by atoms with E-state index in [-0.39, 0.29) is 11.7 Å². The SMILES string of the molecule is CN1CCc2nc(NC(=O)c3cc4c(cc3O)CCCC4)sc2C1. The molecule has 2 aromatic rings. The summed E-state index contributed by atoms with van der Waals surface area (Å²) < 4.78 is 0. The normalized spacial score (nSPS) is 17.2. The molecule has 24 heavy (non-hydrogen) atoms. The van der Waals surface area contributed by atoms with Crippen LogP contribution in [0.1, 0.15) is 44.9 Å².